The number of piperidine rings is 3. The minimum atomic E-state index is -0.797. The topological polar surface area (TPSA) is 111 Å². The van der Waals surface area contributed by atoms with Crippen LogP contribution in [0.15, 0.2) is 24.3 Å². The lowest BCUT2D eigenvalue weighted by molar-refractivity contribution is -0.385. The number of hydrogen-bond acceptors (Lipinski definition) is 8. The van der Waals surface area contributed by atoms with Crippen molar-refractivity contribution in [2.24, 2.45) is 5.92 Å². The van der Waals surface area contributed by atoms with Gasteiger partial charge in [-0.25, -0.2) is 4.79 Å². The molecule has 10 nitrogen and oxygen atoms in total. The van der Waals surface area contributed by atoms with Crippen LogP contribution in [0.1, 0.15) is 63.3 Å². The fourth-order valence-electron chi connectivity index (χ4n) is 5.06. The van der Waals surface area contributed by atoms with Crippen molar-refractivity contribution in [2.75, 3.05) is 31.1 Å². The zero-order valence-corrected chi connectivity index (χ0v) is 21.7. The number of nitrogens with zero attached hydrogens (tertiary/aromatic N) is 5. The van der Waals surface area contributed by atoms with Gasteiger partial charge in [-0.15, -0.1) is 0 Å². The zero-order chi connectivity index (χ0) is 26.0. The minimum absolute atomic E-state index is 0.0261. The molecule has 10 heteroatoms. The molecule has 2 bridgehead atoms. The fraction of sp³-hybridized carbons (Fsp3) is 0.577. The lowest BCUT2D eigenvalue weighted by Crippen LogP contribution is -2.46. The lowest BCUT2D eigenvalue weighted by Gasteiger charge is -2.45. The number of amides is 1. The number of rotatable bonds is 7. The normalized spacial score (nSPS) is 21.2. The van der Waals surface area contributed by atoms with E-state index in [1.165, 1.54) is 43.3 Å². The van der Waals surface area contributed by atoms with Gasteiger partial charge in [0.1, 0.15) is 11.3 Å². The lowest BCUT2D eigenvalue weighted by atomic mass is 9.75. The molecule has 4 heterocycles. The summed E-state index contributed by atoms with van der Waals surface area (Å²) in [4.78, 5) is 36.7. The highest BCUT2D eigenvalue weighted by molar-refractivity contribution is 5.89. The summed E-state index contributed by atoms with van der Waals surface area (Å²) >= 11 is 0. The van der Waals surface area contributed by atoms with E-state index in [0.29, 0.717) is 11.8 Å². The first-order valence-electron chi connectivity index (χ1n) is 12.5. The number of aromatic nitrogens is 2. The standard InChI is InChI=1S/C26H35N5O5/c1-6-35-24-27-17(2)22(31(33)34)23(28-24)30(25(32)36-26(3,4)5)15-18-7-9-19(10-8-18)21-16-29-13-11-20(21)12-14-29/h7-10,20-21H,6,11-16H2,1-5H3. The van der Waals surface area contributed by atoms with Gasteiger partial charge < -0.3 is 14.4 Å². The molecule has 1 amide bonds. The summed E-state index contributed by atoms with van der Waals surface area (Å²) in [5, 5.41) is 12.0. The Morgan fingerprint density at radius 3 is 2.39 bits per heavy atom. The van der Waals surface area contributed by atoms with Gasteiger partial charge in [0, 0.05) is 6.54 Å². The van der Waals surface area contributed by atoms with Crippen molar-refractivity contribution in [3.63, 3.8) is 0 Å². The summed E-state index contributed by atoms with van der Waals surface area (Å²) in [6.45, 7) is 12.3. The molecule has 3 aliphatic heterocycles. The Bertz CT molecular complexity index is 1110. The largest absolute Gasteiger partial charge is 0.464 e. The SMILES string of the molecule is CCOc1nc(C)c([N+](=O)[O-])c(N(Cc2ccc(C3CN4CCC3CC4)cc2)C(=O)OC(C)(C)C)n1. The van der Waals surface area contributed by atoms with Crippen LogP contribution in [0.5, 0.6) is 6.01 Å². The number of carbonyl (C=O) groups excluding carboxylic acids is 1. The van der Waals surface area contributed by atoms with Gasteiger partial charge in [0.25, 0.3) is 0 Å². The number of ether oxygens (including phenoxy) is 2. The Morgan fingerprint density at radius 1 is 1.19 bits per heavy atom. The first-order valence-corrected chi connectivity index (χ1v) is 12.5. The highest BCUT2D eigenvalue weighted by Crippen LogP contribution is 2.39. The second-order valence-corrected chi connectivity index (χ2v) is 10.5. The highest BCUT2D eigenvalue weighted by atomic mass is 16.6. The van der Waals surface area contributed by atoms with Crippen molar-refractivity contribution in [1.29, 1.82) is 0 Å². The van der Waals surface area contributed by atoms with Crippen LogP contribution in [0.3, 0.4) is 0 Å². The zero-order valence-electron chi connectivity index (χ0n) is 21.7. The van der Waals surface area contributed by atoms with Gasteiger partial charge in [-0.2, -0.15) is 9.97 Å². The minimum Gasteiger partial charge on any atom is -0.464 e. The molecule has 0 N–H and O–H groups in total. The van der Waals surface area contributed by atoms with Crippen LogP contribution in [0.2, 0.25) is 0 Å². The predicted molar refractivity (Wildman–Crippen MR) is 135 cm³/mol. The number of nitro groups is 1. The number of anilines is 1. The van der Waals surface area contributed by atoms with E-state index in [9.17, 15) is 14.9 Å². The number of benzene rings is 1. The van der Waals surface area contributed by atoms with Gasteiger partial charge in [-0.1, -0.05) is 24.3 Å². The fourth-order valence-corrected chi connectivity index (χ4v) is 5.06. The van der Waals surface area contributed by atoms with Crippen molar-refractivity contribution >= 4 is 17.6 Å². The number of fused-ring (bicyclic) bond motifs is 3. The summed E-state index contributed by atoms with van der Waals surface area (Å²) in [6, 6.07) is 8.16. The van der Waals surface area contributed by atoms with Crippen LogP contribution in [0.4, 0.5) is 16.3 Å². The predicted octanol–water partition coefficient (Wildman–Crippen LogP) is 4.84. The Morgan fingerprint density at radius 2 is 1.86 bits per heavy atom. The van der Waals surface area contributed by atoms with E-state index in [-0.39, 0.29) is 36.4 Å². The molecular formula is C26H35N5O5. The van der Waals surface area contributed by atoms with Crippen molar-refractivity contribution in [2.45, 2.75) is 65.5 Å². The molecule has 3 saturated heterocycles. The molecule has 36 heavy (non-hydrogen) atoms. The van der Waals surface area contributed by atoms with Gasteiger partial charge in [0.2, 0.25) is 5.82 Å². The van der Waals surface area contributed by atoms with E-state index in [1.54, 1.807) is 27.7 Å². The van der Waals surface area contributed by atoms with Gasteiger partial charge in [0.05, 0.1) is 18.1 Å². The monoisotopic (exact) mass is 497 g/mol. The molecule has 194 valence electrons. The smallest absolute Gasteiger partial charge is 0.416 e. The van der Waals surface area contributed by atoms with Crippen LogP contribution in [0.25, 0.3) is 0 Å². The quantitative estimate of drug-likeness (QED) is 0.395. The molecule has 0 saturated carbocycles. The molecule has 3 fully saturated rings. The molecule has 0 spiro atoms. The maximum atomic E-state index is 13.3. The summed E-state index contributed by atoms with van der Waals surface area (Å²) in [5.74, 6) is 1.08. The summed E-state index contributed by atoms with van der Waals surface area (Å²) in [7, 11) is 0. The van der Waals surface area contributed by atoms with Gasteiger partial charge >= 0.3 is 17.8 Å². The first kappa shape index (κ1) is 25.8. The first-order chi connectivity index (χ1) is 17.1. The van der Waals surface area contributed by atoms with Gasteiger partial charge in [-0.05, 0) is 83.5 Å². The van der Waals surface area contributed by atoms with Crippen molar-refractivity contribution in [1.82, 2.24) is 14.9 Å². The van der Waals surface area contributed by atoms with E-state index in [4.69, 9.17) is 9.47 Å². The van der Waals surface area contributed by atoms with Gasteiger partial charge in [0.15, 0.2) is 0 Å². The van der Waals surface area contributed by atoms with Crippen molar-refractivity contribution in [3.05, 3.63) is 51.2 Å². The highest BCUT2D eigenvalue weighted by Gasteiger charge is 2.36. The maximum Gasteiger partial charge on any atom is 0.416 e. The number of carbonyl (C=O) groups is 1. The second kappa shape index (κ2) is 10.4. The van der Waals surface area contributed by atoms with E-state index >= 15 is 0 Å². The molecule has 0 radical (unpaired) electrons. The average molecular weight is 498 g/mol. The van der Waals surface area contributed by atoms with Gasteiger partial charge in [-0.3, -0.25) is 15.0 Å². The van der Waals surface area contributed by atoms with E-state index in [0.717, 1.165) is 12.1 Å². The summed E-state index contributed by atoms with van der Waals surface area (Å²) in [5.41, 5.74) is 1.07. The van der Waals surface area contributed by atoms with Crippen molar-refractivity contribution in [3.8, 4) is 6.01 Å². The Balaban J connectivity index is 1.67. The molecule has 1 aromatic carbocycles. The Kier molecular flexibility index (Phi) is 7.44. The van der Waals surface area contributed by atoms with Crippen LogP contribution in [0, 0.1) is 23.0 Å². The molecular weight excluding hydrogens is 462 g/mol. The van der Waals surface area contributed by atoms with Crippen LogP contribution < -0.4 is 9.64 Å². The van der Waals surface area contributed by atoms with Crippen LogP contribution in [-0.2, 0) is 11.3 Å². The third-order valence-corrected chi connectivity index (χ3v) is 6.75. The molecule has 5 rings (SSSR count). The van der Waals surface area contributed by atoms with Crippen LogP contribution >= 0.6 is 0 Å². The molecule has 3 aliphatic rings. The number of aryl methyl sites for hydroxylation is 1. The van der Waals surface area contributed by atoms with Crippen LogP contribution in [-0.4, -0.2) is 57.7 Å². The van der Waals surface area contributed by atoms with Crippen molar-refractivity contribution < 1.29 is 19.2 Å². The Labute approximate surface area is 211 Å². The van der Waals surface area contributed by atoms with E-state index in [1.807, 2.05) is 12.1 Å². The molecule has 2 aromatic rings. The third-order valence-electron chi connectivity index (χ3n) is 6.75. The average Bonchev–Trinajstić information content (AvgIpc) is 2.82. The maximum absolute atomic E-state index is 13.3. The summed E-state index contributed by atoms with van der Waals surface area (Å²) < 4.78 is 11.0. The molecule has 1 unspecified atom stereocenters. The molecule has 0 aliphatic carbocycles. The third kappa shape index (κ3) is 5.75. The van der Waals surface area contributed by atoms with E-state index < -0.39 is 16.6 Å². The van der Waals surface area contributed by atoms with E-state index in [2.05, 4.69) is 27.0 Å². The Hall–Kier alpha value is -3.27. The number of hydrogen-bond donors (Lipinski definition) is 0. The molecule has 1 aromatic heterocycles. The second-order valence-electron chi connectivity index (χ2n) is 10.5. The molecule has 1 atom stereocenters. The summed E-state index contributed by atoms with van der Waals surface area (Å²) in [6.07, 6.45) is 1.74.